The van der Waals surface area contributed by atoms with Gasteiger partial charge in [-0.1, -0.05) is 0 Å². The van der Waals surface area contributed by atoms with Gasteiger partial charge in [0.25, 0.3) is 5.91 Å². The Balaban J connectivity index is 1.81. The smallest absolute Gasteiger partial charge is 0.253 e. The van der Waals surface area contributed by atoms with Crippen LogP contribution in [0.3, 0.4) is 0 Å². The van der Waals surface area contributed by atoms with Gasteiger partial charge < -0.3 is 10.2 Å². The summed E-state index contributed by atoms with van der Waals surface area (Å²) >= 11 is 1.57. The normalized spacial score (nSPS) is 16.7. The monoisotopic (exact) mass is 275 g/mol. The molecule has 1 amide bonds. The summed E-state index contributed by atoms with van der Waals surface area (Å²) in [5.41, 5.74) is 3.54. The van der Waals surface area contributed by atoms with Crippen molar-refractivity contribution in [2.45, 2.75) is 18.9 Å². The molecule has 1 aromatic carbocycles. The van der Waals surface area contributed by atoms with E-state index in [1.807, 2.05) is 35.7 Å². The minimum absolute atomic E-state index is 0.113. The topological polar surface area (TPSA) is 45.2 Å². The second-order valence-corrected chi connectivity index (χ2v) is 5.82. The van der Waals surface area contributed by atoms with E-state index in [1.165, 1.54) is 0 Å². The number of carbonyl (C=O) groups excluding carboxylic acids is 1. The van der Waals surface area contributed by atoms with Crippen LogP contribution in [-0.4, -0.2) is 42.0 Å². The number of benzene rings is 1. The fourth-order valence-corrected chi connectivity index (χ4v) is 3.27. The number of fused-ring (bicyclic) bond motifs is 1. The molecule has 0 aliphatic carbocycles. The van der Waals surface area contributed by atoms with Crippen molar-refractivity contribution in [1.82, 2.24) is 15.2 Å². The van der Waals surface area contributed by atoms with Crippen LogP contribution < -0.4 is 5.32 Å². The van der Waals surface area contributed by atoms with Crippen LogP contribution in [0.5, 0.6) is 0 Å². The van der Waals surface area contributed by atoms with Crippen molar-refractivity contribution >= 4 is 27.5 Å². The zero-order chi connectivity index (χ0) is 13.2. The summed E-state index contributed by atoms with van der Waals surface area (Å²) in [5.74, 6) is 0.113. The molecule has 5 heteroatoms. The fraction of sp³-hybridized carbons (Fsp3) is 0.429. The first-order valence-electron chi connectivity index (χ1n) is 6.57. The van der Waals surface area contributed by atoms with Crippen LogP contribution in [0.1, 0.15) is 23.2 Å². The Morgan fingerprint density at radius 1 is 1.42 bits per heavy atom. The first-order chi connectivity index (χ1) is 9.25. The first kappa shape index (κ1) is 12.6. The third-order valence-corrected chi connectivity index (χ3v) is 4.55. The summed E-state index contributed by atoms with van der Waals surface area (Å²) in [6.45, 7) is 1.99. The summed E-state index contributed by atoms with van der Waals surface area (Å²) < 4.78 is 1.07. The molecule has 0 unspecified atom stereocenters. The van der Waals surface area contributed by atoms with Gasteiger partial charge in [-0.3, -0.25) is 4.79 Å². The molecular formula is C14H17N3OS. The Kier molecular flexibility index (Phi) is 3.48. The van der Waals surface area contributed by atoms with E-state index in [1.54, 1.807) is 11.3 Å². The van der Waals surface area contributed by atoms with Crippen LogP contribution in [-0.2, 0) is 0 Å². The highest BCUT2D eigenvalue weighted by molar-refractivity contribution is 7.16. The van der Waals surface area contributed by atoms with Gasteiger partial charge in [-0.2, -0.15) is 0 Å². The summed E-state index contributed by atoms with van der Waals surface area (Å²) in [7, 11) is 1.91. The lowest BCUT2D eigenvalue weighted by Crippen LogP contribution is -2.43. The second-order valence-electron chi connectivity index (χ2n) is 4.93. The highest BCUT2D eigenvalue weighted by Crippen LogP contribution is 2.21. The van der Waals surface area contributed by atoms with E-state index >= 15 is 0 Å². The van der Waals surface area contributed by atoms with E-state index in [0.29, 0.717) is 6.04 Å². The predicted octanol–water partition coefficient (Wildman–Crippen LogP) is 2.12. The number of piperidine rings is 1. The Hall–Kier alpha value is -1.46. The molecule has 0 radical (unpaired) electrons. The number of nitrogens with zero attached hydrogens (tertiary/aromatic N) is 2. The Morgan fingerprint density at radius 3 is 3.00 bits per heavy atom. The van der Waals surface area contributed by atoms with Gasteiger partial charge in [-0.25, -0.2) is 4.98 Å². The van der Waals surface area contributed by atoms with Crippen LogP contribution in [0.4, 0.5) is 0 Å². The lowest BCUT2D eigenvalue weighted by atomic mass is 10.0. The van der Waals surface area contributed by atoms with Crippen molar-refractivity contribution in [3.63, 3.8) is 0 Å². The maximum Gasteiger partial charge on any atom is 0.253 e. The molecule has 100 valence electrons. The molecule has 0 bridgehead atoms. The Bertz CT molecular complexity index is 589. The van der Waals surface area contributed by atoms with Gasteiger partial charge in [0.2, 0.25) is 0 Å². The van der Waals surface area contributed by atoms with E-state index in [0.717, 1.165) is 41.7 Å². The van der Waals surface area contributed by atoms with Crippen molar-refractivity contribution < 1.29 is 4.79 Å². The average Bonchev–Trinajstić information content (AvgIpc) is 2.94. The van der Waals surface area contributed by atoms with Crippen LogP contribution in [0, 0.1) is 0 Å². The number of carbonyl (C=O) groups is 1. The van der Waals surface area contributed by atoms with Gasteiger partial charge in [0.05, 0.1) is 15.7 Å². The number of hydrogen-bond acceptors (Lipinski definition) is 4. The van der Waals surface area contributed by atoms with E-state index in [-0.39, 0.29) is 5.91 Å². The third-order valence-electron chi connectivity index (χ3n) is 3.75. The molecule has 1 fully saturated rings. The standard InChI is InChI=1S/C14H17N3OS/c1-17(11-4-6-15-7-5-11)14(18)10-2-3-12-13(8-10)19-9-16-12/h2-3,8-9,11,15H,4-7H2,1H3. The fourth-order valence-electron chi connectivity index (χ4n) is 2.55. The van der Waals surface area contributed by atoms with Crippen LogP contribution in [0.2, 0.25) is 0 Å². The SMILES string of the molecule is CN(C(=O)c1ccc2ncsc2c1)C1CCNCC1. The second kappa shape index (κ2) is 5.27. The average molecular weight is 275 g/mol. The molecule has 3 rings (SSSR count). The number of hydrogen-bond donors (Lipinski definition) is 1. The van der Waals surface area contributed by atoms with Crippen LogP contribution in [0.25, 0.3) is 10.2 Å². The van der Waals surface area contributed by atoms with Crippen LogP contribution >= 0.6 is 11.3 Å². The molecular weight excluding hydrogens is 258 g/mol. The Morgan fingerprint density at radius 2 is 2.21 bits per heavy atom. The van der Waals surface area contributed by atoms with Crippen LogP contribution in [0.15, 0.2) is 23.7 Å². The van der Waals surface area contributed by atoms with Gasteiger partial charge in [-0.15, -0.1) is 11.3 Å². The highest BCUT2D eigenvalue weighted by atomic mass is 32.1. The molecule has 4 nitrogen and oxygen atoms in total. The number of aromatic nitrogens is 1. The van der Waals surface area contributed by atoms with Gasteiger partial charge in [-0.05, 0) is 44.1 Å². The lowest BCUT2D eigenvalue weighted by Gasteiger charge is -2.31. The molecule has 0 saturated carbocycles. The molecule has 1 aliphatic rings. The van der Waals surface area contributed by atoms with E-state index in [9.17, 15) is 4.79 Å². The van der Waals surface area contributed by atoms with Gasteiger partial charge in [0, 0.05) is 18.7 Å². The lowest BCUT2D eigenvalue weighted by molar-refractivity contribution is 0.0703. The minimum Gasteiger partial charge on any atom is -0.339 e. The quantitative estimate of drug-likeness (QED) is 0.913. The van der Waals surface area contributed by atoms with Gasteiger partial charge >= 0.3 is 0 Å². The number of rotatable bonds is 2. The van der Waals surface area contributed by atoms with Crippen molar-refractivity contribution in [1.29, 1.82) is 0 Å². The third kappa shape index (κ3) is 2.48. The molecule has 1 saturated heterocycles. The zero-order valence-corrected chi connectivity index (χ0v) is 11.7. The predicted molar refractivity (Wildman–Crippen MR) is 77.6 cm³/mol. The van der Waals surface area contributed by atoms with E-state index in [4.69, 9.17) is 0 Å². The Labute approximate surface area is 116 Å². The minimum atomic E-state index is 0.113. The summed E-state index contributed by atoms with van der Waals surface area (Å²) in [6, 6.07) is 6.11. The maximum atomic E-state index is 12.5. The molecule has 0 spiro atoms. The van der Waals surface area contributed by atoms with Crippen molar-refractivity contribution in [3.05, 3.63) is 29.3 Å². The van der Waals surface area contributed by atoms with Crippen molar-refractivity contribution in [3.8, 4) is 0 Å². The number of amides is 1. The number of nitrogens with one attached hydrogen (secondary N) is 1. The summed E-state index contributed by atoms with van der Waals surface area (Å²) in [6.07, 6.45) is 2.07. The first-order valence-corrected chi connectivity index (χ1v) is 7.45. The summed E-state index contributed by atoms with van der Waals surface area (Å²) in [5, 5.41) is 3.32. The molecule has 2 aromatic rings. The molecule has 19 heavy (non-hydrogen) atoms. The van der Waals surface area contributed by atoms with Crippen molar-refractivity contribution in [2.75, 3.05) is 20.1 Å². The highest BCUT2D eigenvalue weighted by Gasteiger charge is 2.22. The molecule has 1 N–H and O–H groups in total. The van der Waals surface area contributed by atoms with Gasteiger partial charge in [0.1, 0.15) is 0 Å². The summed E-state index contributed by atoms with van der Waals surface area (Å²) in [4.78, 5) is 18.6. The van der Waals surface area contributed by atoms with Gasteiger partial charge in [0.15, 0.2) is 0 Å². The zero-order valence-electron chi connectivity index (χ0n) is 10.9. The number of thiazole rings is 1. The largest absolute Gasteiger partial charge is 0.339 e. The molecule has 1 aromatic heterocycles. The maximum absolute atomic E-state index is 12.5. The van der Waals surface area contributed by atoms with Crippen molar-refractivity contribution in [2.24, 2.45) is 0 Å². The molecule has 0 atom stereocenters. The van der Waals surface area contributed by atoms with E-state index in [2.05, 4.69) is 10.3 Å². The molecule has 2 heterocycles. The molecule has 1 aliphatic heterocycles. The van der Waals surface area contributed by atoms with E-state index < -0.39 is 0 Å².